The summed E-state index contributed by atoms with van der Waals surface area (Å²) in [7, 11) is 0. The van der Waals surface area contributed by atoms with Gasteiger partial charge in [-0.05, 0) is 23.8 Å². The fourth-order valence-electron chi connectivity index (χ4n) is 2.69. The maximum Gasteiger partial charge on any atom is 0.306 e. The van der Waals surface area contributed by atoms with Crippen LogP contribution in [0.1, 0.15) is 28.9 Å². The molecule has 1 aliphatic rings. The first-order chi connectivity index (χ1) is 12.8. The molecule has 1 aliphatic heterocycles. The lowest BCUT2D eigenvalue weighted by molar-refractivity contribution is -0.192. The molecule has 0 unspecified atom stereocenters. The SMILES string of the molecule is FC(F)=C(F)c1ccc(C2COC(c3cc(F)c(F)c(F)c3)OC2)c(F)c1. The topological polar surface area (TPSA) is 18.5 Å². The molecule has 3 rings (SSSR count). The summed E-state index contributed by atoms with van der Waals surface area (Å²) in [6.45, 7) is -0.255. The summed E-state index contributed by atoms with van der Waals surface area (Å²) in [6.07, 6.45) is -3.75. The van der Waals surface area contributed by atoms with Crippen molar-refractivity contribution in [1.29, 1.82) is 0 Å². The monoisotopic (exact) mass is 392 g/mol. The third kappa shape index (κ3) is 3.98. The predicted octanol–water partition coefficient (Wildman–Crippen LogP) is 5.61. The van der Waals surface area contributed by atoms with E-state index in [1.54, 1.807) is 0 Å². The van der Waals surface area contributed by atoms with E-state index < -0.39 is 52.9 Å². The van der Waals surface area contributed by atoms with Gasteiger partial charge in [-0.2, -0.15) is 8.78 Å². The Morgan fingerprint density at radius 2 is 1.41 bits per heavy atom. The number of ether oxygens (including phenoxy) is 2. The molecule has 0 aliphatic carbocycles. The number of hydrogen-bond acceptors (Lipinski definition) is 2. The molecule has 0 spiro atoms. The molecule has 0 atom stereocenters. The van der Waals surface area contributed by atoms with E-state index in [-0.39, 0.29) is 24.3 Å². The van der Waals surface area contributed by atoms with Gasteiger partial charge in [0.05, 0.1) is 13.2 Å². The lowest BCUT2D eigenvalue weighted by atomic mass is 9.97. The van der Waals surface area contributed by atoms with Gasteiger partial charge in [-0.3, -0.25) is 0 Å². The minimum Gasteiger partial charge on any atom is -0.348 e. The van der Waals surface area contributed by atoms with Crippen LogP contribution in [0.2, 0.25) is 0 Å². The largest absolute Gasteiger partial charge is 0.348 e. The van der Waals surface area contributed by atoms with Crippen molar-refractivity contribution in [2.45, 2.75) is 12.2 Å². The Hall–Kier alpha value is -2.39. The van der Waals surface area contributed by atoms with E-state index in [4.69, 9.17) is 9.47 Å². The first-order valence-electron chi connectivity index (χ1n) is 7.66. The van der Waals surface area contributed by atoms with Crippen molar-refractivity contribution in [2.75, 3.05) is 13.2 Å². The summed E-state index contributed by atoms with van der Waals surface area (Å²) in [5.74, 6) is -7.85. The predicted molar refractivity (Wildman–Crippen MR) is 80.3 cm³/mol. The molecule has 2 aromatic carbocycles. The molecule has 0 amide bonds. The second kappa shape index (κ2) is 7.69. The fourth-order valence-corrected chi connectivity index (χ4v) is 2.69. The highest BCUT2D eigenvalue weighted by atomic mass is 19.3. The molecule has 27 heavy (non-hydrogen) atoms. The number of halogens is 7. The van der Waals surface area contributed by atoms with Crippen molar-refractivity contribution < 1.29 is 40.2 Å². The van der Waals surface area contributed by atoms with Crippen LogP contribution in [0.15, 0.2) is 36.4 Å². The quantitative estimate of drug-likeness (QED) is 0.500. The van der Waals surface area contributed by atoms with E-state index in [9.17, 15) is 30.7 Å². The molecule has 0 saturated carbocycles. The Morgan fingerprint density at radius 3 is 1.93 bits per heavy atom. The summed E-state index contributed by atoms with van der Waals surface area (Å²) < 4.78 is 102. The van der Waals surface area contributed by atoms with Crippen LogP contribution < -0.4 is 0 Å². The number of hydrogen-bond donors (Lipinski definition) is 0. The molecular formula is C18H11F7O2. The van der Waals surface area contributed by atoms with Gasteiger partial charge in [0.1, 0.15) is 5.82 Å². The third-order valence-corrected chi connectivity index (χ3v) is 4.04. The molecule has 2 aromatic rings. The molecule has 2 nitrogen and oxygen atoms in total. The molecular weight excluding hydrogens is 381 g/mol. The summed E-state index contributed by atoms with van der Waals surface area (Å²) in [4.78, 5) is 0. The lowest BCUT2D eigenvalue weighted by Crippen LogP contribution is -2.26. The van der Waals surface area contributed by atoms with Crippen molar-refractivity contribution in [1.82, 2.24) is 0 Å². The zero-order chi connectivity index (χ0) is 19.7. The molecule has 0 radical (unpaired) electrons. The van der Waals surface area contributed by atoms with Crippen molar-refractivity contribution in [3.05, 3.63) is 76.4 Å². The van der Waals surface area contributed by atoms with Gasteiger partial charge in [0.15, 0.2) is 29.6 Å². The van der Waals surface area contributed by atoms with Crippen LogP contribution in [0, 0.1) is 23.3 Å². The zero-order valence-electron chi connectivity index (χ0n) is 13.4. The highest BCUT2D eigenvalue weighted by molar-refractivity contribution is 5.60. The molecule has 1 saturated heterocycles. The normalized spacial score (nSPS) is 19.8. The van der Waals surface area contributed by atoms with Crippen LogP contribution in [0.5, 0.6) is 0 Å². The Labute approximate surface area is 148 Å². The van der Waals surface area contributed by atoms with Crippen LogP contribution in [0.3, 0.4) is 0 Å². The van der Waals surface area contributed by atoms with E-state index in [1.807, 2.05) is 0 Å². The Balaban J connectivity index is 1.74. The maximum atomic E-state index is 14.1. The standard InChI is InChI=1S/C18H11F7O2/c19-12-3-8(15(22)17(24)25)1-2-11(12)10-6-26-18(27-7-10)9-4-13(20)16(23)14(21)5-9/h1-5,10,18H,6-7H2. The van der Waals surface area contributed by atoms with Gasteiger partial charge in [-0.15, -0.1) is 0 Å². The van der Waals surface area contributed by atoms with Crippen LogP contribution in [0.4, 0.5) is 30.7 Å². The third-order valence-electron chi connectivity index (χ3n) is 4.04. The Morgan fingerprint density at radius 1 is 0.815 bits per heavy atom. The van der Waals surface area contributed by atoms with E-state index in [0.29, 0.717) is 6.07 Å². The molecule has 144 valence electrons. The Kier molecular flexibility index (Phi) is 5.52. The van der Waals surface area contributed by atoms with Gasteiger partial charge in [0.2, 0.25) is 0 Å². The summed E-state index contributed by atoms with van der Waals surface area (Å²) in [5, 5.41) is 0. The minimum absolute atomic E-state index is 0.0423. The van der Waals surface area contributed by atoms with E-state index in [1.165, 1.54) is 0 Å². The maximum absolute atomic E-state index is 14.1. The van der Waals surface area contributed by atoms with Crippen LogP contribution >= 0.6 is 0 Å². The van der Waals surface area contributed by atoms with Crippen LogP contribution in [0.25, 0.3) is 5.83 Å². The molecule has 0 bridgehead atoms. The second-order valence-corrected chi connectivity index (χ2v) is 5.80. The van der Waals surface area contributed by atoms with Crippen molar-refractivity contribution in [3.8, 4) is 0 Å². The fraction of sp³-hybridized carbons (Fsp3) is 0.222. The first-order valence-corrected chi connectivity index (χ1v) is 7.66. The molecule has 1 fully saturated rings. The molecule has 1 heterocycles. The number of benzene rings is 2. The molecule has 0 aromatic heterocycles. The average Bonchev–Trinajstić information content (AvgIpc) is 2.65. The van der Waals surface area contributed by atoms with Crippen LogP contribution in [-0.2, 0) is 9.47 Å². The summed E-state index contributed by atoms with van der Waals surface area (Å²) in [6, 6.07) is 4.19. The molecule has 0 N–H and O–H groups in total. The lowest BCUT2D eigenvalue weighted by Gasteiger charge is -2.30. The second-order valence-electron chi connectivity index (χ2n) is 5.80. The Bertz CT molecular complexity index is 862. The smallest absolute Gasteiger partial charge is 0.306 e. The molecule has 9 heteroatoms. The van der Waals surface area contributed by atoms with E-state index >= 15 is 0 Å². The van der Waals surface area contributed by atoms with Gasteiger partial charge in [0, 0.05) is 17.0 Å². The van der Waals surface area contributed by atoms with Crippen LogP contribution in [-0.4, -0.2) is 13.2 Å². The van der Waals surface area contributed by atoms with Gasteiger partial charge in [-0.1, -0.05) is 12.1 Å². The zero-order valence-corrected chi connectivity index (χ0v) is 13.4. The minimum atomic E-state index is -2.56. The van der Waals surface area contributed by atoms with Gasteiger partial charge in [-0.25, -0.2) is 22.0 Å². The number of rotatable bonds is 3. The van der Waals surface area contributed by atoms with E-state index in [0.717, 1.165) is 24.3 Å². The highest BCUT2D eigenvalue weighted by Crippen LogP contribution is 2.33. The summed E-state index contributed by atoms with van der Waals surface area (Å²) in [5.41, 5.74) is -0.656. The van der Waals surface area contributed by atoms with E-state index in [2.05, 4.69) is 0 Å². The van der Waals surface area contributed by atoms with Gasteiger partial charge >= 0.3 is 6.08 Å². The highest BCUT2D eigenvalue weighted by Gasteiger charge is 2.28. The first kappa shape index (κ1) is 19.4. The van der Waals surface area contributed by atoms with Gasteiger partial charge in [0.25, 0.3) is 0 Å². The average molecular weight is 392 g/mol. The van der Waals surface area contributed by atoms with Crippen molar-refractivity contribution in [2.24, 2.45) is 0 Å². The summed E-state index contributed by atoms with van der Waals surface area (Å²) >= 11 is 0. The van der Waals surface area contributed by atoms with Crippen molar-refractivity contribution in [3.63, 3.8) is 0 Å². The van der Waals surface area contributed by atoms with Crippen molar-refractivity contribution >= 4 is 5.83 Å². The van der Waals surface area contributed by atoms with Gasteiger partial charge < -0.3 is 9.47 Å².